The van der Waals surface area contributed by atoms with E-state index in [1.807, 2.05) is 12.1 Å². The van der Waals surface area contributed by atoms with Crippen LogP contribution in [-0.4, -0.2) is 13.1 Å². The summed E-state index contributed by atoms with van der Waals surface area (Å²) >= 11 is 3.42. The predicted molar refractivity (Wildman–Crippen MR) is 72.0 cm³/mol. The number of rotatable bonds is 1. The lowest BCUT2D eigenvalue weighted by Gasteiger charge is -2.34. The average molecular weight is 291 g/mol. The molecule has 2 nitrogen and oxygen atoms in total. The van der Waals surface area contributed by atoms with Gasteiger partial charge < -0.3 is 4.90 Å². The Morgan fingerprint density at radius 3 is 2.47 bits per heavy atom. The minimum Gasteiger partial charge on any atom is -0.370 e. The molecule has 1 heterocycles. The van der Waals surface area contributed by atoms with Gasteiger partial charge in [0.05, 0.1) is 11.3 Å². The number of piperidine rings is 1. The summed E-state index contributed by atoms with van der Waals surface area (Å²) in [4.78, 5) is 2.37. The Balaban J connectivity index is 1.82. The van der Waals surface area contributed by atoms with Crippen LogP contribution in [0.3, 0.4) is 0 Å². The number of nitriles is 1. The molecule has 1 saturated heterocycles. The van der Waals surface area contributed by atoms with Gasteiger partial charge in [-0.15, -0.1) is 0 Å². The molecule has 3 heteroatoms. The third-order valence-electron chi connectivity index (χ3n) is 4.20. The van der Waals surface area contributed by atoms with Crippen LogP contribution in [0.25, 0.3) is 0 Å². The fourth-order valence-electron chi connectivity index (χ4n) is 2.77. The second kappa shape index (κ2) is 4.03. The van der Waals surface area contributed by atoms with Crippen LogP contribution in [0, 0.1) is 16.7 Å². The lowest BCUT2D eigenvalue weighted by molar-refractivity contribution is 0.384. The Morgan fingerprint density at radius 1 is 1.18 bits per heavy atom. The van der Waals surface area contributed by atoms with Gasteiger partial charge in [-0.3, -0.25) is 0 Å². The standard InChI is InChI=1S/C14H15BrN2/c15-12-1-2-13(11(9-12)10-16)17-7-5-14(3-4-14)6-8-17/h1-2,9H,3-8H2. The maximum Gasteiger partial charge on any atom is 0.101 e. The number of nitrogens with zero attached hydrogens (tertiary/aromatic N) is 2. The lowest BCUT2D eigenvalue weighted by atomic mass is 9.93. The minimum atomic E-state index is 0.693. The smallest absolute Gasteiger partial charge is 0.101 e. The highest BCUT2D eigenvalue weighted by Gasteiger charge is 2.44. The normalized spacial score (nSPS) is 21.3. The molecule has 0 atom stereocenters. The van der Waals surface area contributed by atoms with Crippen LogP contribution < -0.4 is 4.90 Å². The lowest BCUT2D eigenvalue weighted by Crippen LogP contribution is -2.34. The zero-order valence-corrected chi connectivity index (χ0v) is 11.3. The van der Waals surface area contributed by atoms with Crippen molar-refractivity contribution in [3.8, 4) is 6.07 Å². The Kier molecular flexibility index (Phi) is 2.63. The first-order valence-corrected chi connectivity index (χ1v) is 6.96. The average Bonchev–Trinajstić information content (AvgIpc) is 3.10. The van der Waals surface area contributed by atoms with E-state index >= 15 is 0 Å². The Morgan fingerprint density at radius 2 is 1.88 bits per heavy atom. The largest absolute Gasteiger partial charge is 0.370 e. The topological polar surface area (TPSA) is 27.0 Å². The van der Waals surface area contributed by atoms with Crippen molar-refractivity contribution in [3.63, 3.8) is 0 Å². The SMILES string of the molecule is N#Cc1cc(Br)ccc1N1CCC2(CC1)CC2. The molecule has 88 valence electrons. The Labute approximate surface area is 110 Å². The van der Waals surface area contributed by atoms with Crippen molar-refractivity contribution in [1.82, 2.24) is 0 Å². The second-order valence-corrected chi connectivity index (χ2v) is 6.18. The summed E-state index contributed by atoms with van der Waals surface area (Å²) in [5.74, 6) is 0. The van der Waals surface area contributed by atoms with Gasteiger partial charge in [-0.2, -0.15) is 5.26 Å². The third-order valence-corrected chi connectivity index (χ3v) is 4.69. The quantitative estimate of drug-likeness (QED) is 0.789. The molecule has 1 saturated carbocycles. The summed E-state index contributed by atoms with van der Waals surface area (Å²) in [6.07, 6.45) is 5.44. The number of anilines is 1. The molecule has 2 aliphatic rings. The zero-order valence-electron chi connectivity index (χ0n) is 9.75. The number of benzene rings is 1. The van der Waals surface area contributed by atoms with Crippen molar-refractivity contribution in [2.45, 2.75) is 25.7 Å². The molecule has 0 amide bonds. The molecule has 1 spiro atoms. The van der Waals surface area contributed by atoms with Crippen LogP contribution in [0.2, 0.25) is 0 Å². The van der Waals surface area contributed by atoms with Gasteiger partial charge in [0.2, 0.25) is 0 Å². The fourth-order valence-corrected chi connectivity index (χ4v) is 3.13. The van der Waals surface area contributed by atoms with E-state index in [9.17, 15) is 5.26 Å². The predicted octanol–water partition coefficient (Wildman–Crippen LogP) is 3.70. The molecular formula is C14H15BrN2. The summed E-state index contributed by atoms with van der Waals surface area (Å²) in [6.45, 7) is 2.21. The van der Waals surface area contributed by atoms with E-state index in [0.717, 1.165) is 28.8 Å². The molecule has 0 unspecified atom stereocenters. The van der Waals surface area contributed by atoms with Crippen molar-refractivity contribution < 1.29 is 0 Å². The summed E-state index contributed by atoms with van der Waals surface area (Å²) in [5, 5.41) is 9.19. The van der Waals surface area contributed by atoms with E-state index in [2.05, 4.69) is 33.0 Å². The molecule has 0 aromatic heterocycles. The van der Waals surface area contributed by atoms with Gasteiger partial charge in [0, 0.05) is 17.6 Å². The zero-order chi connectivity index (χ0) is 11.9. The van der Waals surface area contributed by atoms with Crippen molar-refractivity contribution >= 4 is 21.6 Å². The maximum absolute atomic E-state index is 9.19. The summed E-state index contributed by atoms with van der Waals surface area (Å²) in [7, 11) is 0. The van der Waals surface area contributed by atoms with E-state index in [4.69, 9.17) is 0 Å². The molecule has 0 bridgehead atoms. The summed E-state index contributed by atoms with van der Waals surface area (Å²) in [5.41, 5.74) is 2.58. The van der Waals surface area contributed by atoms with Crippen molar-refractivity contribution in [1.29, 1.82) is 5.26 Å². The highest BCUT2D eigenvalue weighted by molar-refractivity contribution is 9.10. The monoisotopic (exact) mass is 290 g/mol. The van der Waals surface area contributed by atoms with Gasteiger partial charge in [0.15, 0.2) is 0 Å². The molecule has 1 aromatic carbocycles. The first-order chi connectivity index (χ1) is 8.22. The van der Waals surface area contributed by atoms with Crippen LogP contribution in [-0.2, 0) is 0 Å². The summed E-state index contributed by atoms with van der Waals surface area (Å²) in [6, 6.07) is 8.30. The first-order valence-electron chi connectivity index (χ1n) is 6.17. The van der Waals surface area contributed by atoms with Crippen molar-refractivity contribution in [2.24, 2.45) is 5.41 Å². The summed E-state index contributed by atoms with van der Waals surface area (Å²) < 4.78 is 0.980. The van der Waals surface area contributed by atoms with Gasteiger partial charge >= 0.3 is 0 Å². The van der Waals surface area contributed by atoms with Crippen LogP contribution in [0.4, 0.5) is 5.69 Å². The Hall–Kier alpha value is -1.01. The third kappa shape index (κ3) is 2.07. The Bertz CT molecular complexity index is 475. The van der Waals surface area contributed by atoms with Crippen molar-refractivity contribution in [3.05, 3.63) is 28.2 Å². The van der Waals surface area contributed by atoms with Gasteiger partial charge in [-0.25, -0.2) is 0 Å². The maximum atomic E-state index is 9.19. The molecular weight excluding hydrogens is 276 g/mol. The highest BCUT2D eigenvalue weighted by Crippen LogP contribution is 2.54. The molecule has 0 radical (unpaired) electrons. The van der Waals surface area contributed by atoms with Crippen LogP contribution in [0.15, 0.2) is 22.7 Å². The fraction of sp³-hybridized carbons (Fsp3) is 0.500. The van der Waals surface area contributed by atoms with E-state index in [-0.39, 0.29) is 0 Å². The van der Waals surface area contributed by atoms with E-state index < -0.39 is 0 Å². The van der Waals surface area contributed by atoms with Gasteiger partial charge in [-0.05, 0) is 49.3 Å². The van der Waals surface area contributed by atoms with E-state index in [1.54, 1.807) is 0 Å². The molecule has 1 aromatic rings. The minimum absolute atomic E-state index is 0.693. The van der Waals surface area contributed by atoms with Crippen LogP contribution >= 0.6 is 15.9 Å². The molecule has 1 aliphatic carbocycles. The van der Waals surface area contributed by atoms with E-state index in [1.165, 1.54) is 25.7 Å². The molecule has 17 heavy (non-hydrogen) atoms. The molecule has 0 N–H and O–H groups in total. The van der Waals surface area contributed by atoms with Gasteiger partial charge in [0.1, 0.15) is 6.07 Å². The van der Waals surface area contributed by atoms with Crippen LogP contribution in [0.1, 0.15) is 31.2 Å². The van der Waals surface area contributed by atoms with Crippen LogP contribution in [0.5, 0.6) is 0 Å². The molecule has 2 fully saturated rings. The number of hydrogen-bond acceptors (Lipinski definition) is 2. The number of halogens is 1. The van der Waals surface area contributed by atoms with E-state index in [0.29, 0.717) is 5.41 Å². The molecule has 3 rings (SSSR count). The van der Waals surface area contributed by atoms with Gasteiger partial charge in [0.25, 0.3) is 0 Å². The highest BCUT2D eigenvalue weighted by atomic mass is 79.9. The molecule has 1 aliphatic heterocycles. The first kappa shape index (κ1) is 11.1. The van der Waals surface area contributed by atoms with Crippen molar-refractivity contribution in [2.75, 3.05) is 18.0 Å². The second-order valence-electron chi connectivity index (χ2n) is 5.26. The number of hydrogen-bond donors (Lipinski definition) is 0. The van der Waals surface area contributed by atoms with Gasteiger partial charge in [-0.1, -0.05) is 15.9 Å².